The summed E-state index contributed by atoms with van der Waals surface area (Å²) in [5.41, 5.74) is 3.05. The third kappa shape index (κ3) is 4.77. The molecule has 0 spiro atoms. The number of carbonyl (C=O) groups is 2. The van der Waals surface area contributed by atoms with Gasteiger partial charge >= 0.3 is 0 Å². The van der Waals surface area contributed by atoms with Gasteiger partial charge in [-0.1, -0.05) is 12.1 Å². The average Bonchev–Trinajstić information content (AvgIpc) is 2.88. The van der Waals surface area contributed by atoms with Gasteiger partial charge in [-0.2, -0.15) is 0 Å². The van der Waals surface area contributed by atoms with Crippen LogP contribution in [-0.4, -0.2) is 56.1 Å². The van der Waals surface area contributed by atoms with Crippen LogP contribution < -0.4 is 10.6 Å². The van der Waals surface area contributed by atoms with Gasteiger partial charge in [-0.05, 0) is 31.0 Å². The van der Waals surface area contributed by atoms with Crippen molar-refractivity contribution < 1.29 is 14.3 Å². The summed E-state index contributed by atoms with van der Waals surface area (Å²) in [5, 5.41) is 6.07. The van der Waals surface area contributed by atoms with Crippen LogP contribution in [0.3, 0.4) is 0 Å². The van der Waals surface area contributed by atoms with Crippen LogP contribution in [-0.2, 0) is 14.3 Å². The summed E-state index contributed by atoms with van der Waals surface area (Å²) in [5.74, 6) is 0.0102. The number of nitrogens with one attached hydrogen (secondary N) is 2. The lowest BCUT2D eigenvalue weighted by molar-refractivity contribution is -0.128. The van der Waals surface area contributed by atoms with Gasteiger partial charge in [-0.25, -0.2) is 0 Å². The van der Waals surface area contributed by atoms with E-state index in [1.165, 1.54) is 0 Å². The Morgan fingerprint density at radius 3 is 2.91 bits per heavy atom. The van der Waals surface area contributed by atoms with Crippen LogP contribution in [0.1, 0.15) is 17.5 Å². The standard InChI is InChI=1S/C17H25N3O3/c1-12-5-4-6-15(13(12)2)19-16(21)10-18-14-9-17(22)20(11-14)7-8-23-3/h4-6,14,18H,7-11H2,1-3H3,(H,19,21)/t14-/m0/s1. The smallest absolute Gasteiger partial charge is 0.238 e. The average molecular weight is 319 g/mol. The Morgan fingerprint density at radius 2 is 2.17 bits per heavy atom. The van der Waals surface area contributed by atoms with Crippen molar-refractivity contribution in [2.45, 2.75) is 26.3 Å². The van der Waals surface area contributed by atoms with Gasteiger partial charge in [0.1, 0.15) is 0 Å². The maximum absolute atomic E-state index is 12.1. The van der Waals surface area contributed by atoms with Crippen LogP contribution in [0.25, 0.3) is 0 Å². The van der Waals surface area contributed by atoms with Crippen molar-refractivity contribution in [1.82, 2.24) is 10.2 Å². The molecule has 0 aromatic heterocycles. The molecule has 1 aromatic carbocycles. The van der Waals surface area contributed by atoms with Crippen LogP contribution in [0.2, 0.25) is 0 Å². The normalized spacial score (nSPS) is 17.6. The van der Waals surface area contributed by atoms with Gasteiger partial charge in [-0.15, -0.1) is 0 Å². The number of ether oxygens (including phenoxy) is 1. The molecule has 1 heterocycles. The molecule has 2 N–H and O–H groups in total. The monoisotopic (exact) mass is 319 g/mol. The van der Waals surface area contributed by atoms with E-state index < -0.39 is 0 Å². The van der Waals surface area contributed by atoms with Gasteiger partial charge < -0.3 is 20.3 Å². The summed E-state index contributed by atoms with van der Waals surface area (Å²) >= 11 is 0. The number of aryl methyl sites for hydroxylation is 1. The molecular formula is C17H25N3O3. The van der Waals surface area contributed by atoms with Crippen molar-refractivity contribution in [3.8, 4) is 0 Å². The van der Waals surface area contributed by atoms with Gasteiger partial charge in [-0.3, -0.25) is 9.59 Å². The molecule has 1 fully saturated rings. The second kappa shape index (κ2) is 8.08. The Morgan fingerprint density at radius 1 is 1.39 bits per heavy atom. The molecule has 1 atom stereocenters. The first-order valence-corrected chi connectivity index (χ1v) is 7.87. The van der Waals surface area contributed by atoms with Crippen LogP contribution in [0.5, 0.6) is 0 Å². The Hall–Kier alpha value is -1.92. The minimum Gasteiger partial charge on any atom is -0.383 e. The molecule has 6 heteroatoms. The Balaban J connectivity index is 1.79. The number of anilines is 1. The van der Waals surface area contributed by atoms with Crippen molar-refractivity contribution in [1.29, 1.82) is 0 Å². The maximum Gasteiger partial charge on any atom is 0.238 e. The first kappa shape index (κ1) is 17.4. The lowest BCUT2D eigenvalue weighted by Gasteiger charge is -2.16. The largest absolute Gasteiger partial charge is 0.383 e. The number of likely N-dealkylation sites (tertiary alicyclic amines) is 1. The molecular weight excluding hydrogens is 294 g/mol. The van der Waals surface area contributed by atoms with E-state index in [4.69, 9.17) is 4.74 Å². The highest BCUT2D eigenvalue weighted by Gasteiger charge is 2.29. The third-order valence-electron chi connectivity index (χ3n) is 4.21. The summed E-state index contributed by atoms with van der Waals surface area (Å²) < 4.78 is 4.99. The van der Waals surface area contributed by atoms with E-state index in [9.17, 15) is 9.59 Å². The Bertz CT molecular complexity index is 574. The molecule has 0 aliphatic carbocycles. The number of methoxy groups -OCH3 is 1. The molecule has 0 bridgehead atoms. The van der Waals surface area contributed by atoms with Gasteiger partial charge in [0.05, 0.1) is 13.2 Å². The summed E-state index contributed by atoms with van der Waals surface area (Å²) in [6, 6.07) is 5.85. The number of amides is 2. The zero-order chi connectivity index (χ0) is 16.8. The highest BCUT2D eigenvalue weighted by molar-refractivity contribution is 5.93. The lowest BCUT2D eigenvalue weighted by Crippen LogP contribution is -2.38. The first-order chi connectivity index (χ1) is 11.0. The molecule has 1 saturated heterocycles. The van der Waals surface area contributed by atoms with Crippen LogP contribution in [0.15, 0.2) is 18.2 Å². The summed E-state index contributed by atoms with van der Waals surface area (Å²) in [4.78, 5) is 25.7. The fraction of sp³-hybridized carbons (Fsp3) is 0.529. The van der Waals surface area contributed by atoms with Gasteiger partial charge in [0.15, 0.2) is 0 Å². The van der Waals surface area contributed by atoms with Gasteiger partial charge in [0.25, 0.3) is 0 Å². The zero-order valence-electron chi connectivity index (χ0n) is 14.0. The van der Waals surface area contributed by atoms with E-state index in [2.05, 4.69) is 10.6 Å². The SMILES string of the molecule is COCCN1C[C@@H](NCC(=O)Nc2cccc(C)c2C)CC1=O. The Labute approximate surface area is 137 Å². The number of rotatable bonds is 7. The Kier molecular flexibility index (Phi) is 6.12. The van der Waals surface area contributed by atoms with Crippen LogP contribution in [0.4, 0.5) is 5.69 Å². The lowest BCUT2D eigenvalue weighted by atomic mass is 10.1. The molecule has 2 rings (SSSR count). The minimum absolute atomic E-state index is 0.0173. The summed E-state index contributed by atoms with van der Waals surface area (Å²) in [6.45, 7) is 5.96. The minimum atomic E-state index is -0.0958. The second-order valence-electron chi connectivity index (χ2n) is 5.91. The maximum atomic E-state index is 12.1. The second-order valence-corrected chi connectivity index (χ2v) is 5.91. The van der Waals surface area contributed by atoms with Crippen molar-refractivity contribution in [3.63, 3.8) is 0 Å². The highest BCUT2D eigenvalue weighted by atomic mass is 16.5. The number of benzene rings is 1. The molecule has 6 nitrogen and oxygen atoms in total. The first-order valence-electron chi connectivity index (χ1n) is 7.87. The molecule has 0 unspecified atom stereocenters. The molecule has 2 amide bonds. The summed E-state index contributed by atoms with van der Waals surface area (Å²) in [6.07, 6.45) is 0.431. The summed E-state index contributed by atoms with van der Waals surface area (Å²) in [7, 11) is 1.62. The third-order valence-corrected chi connectivity index (χ3v) is 4.21. The van der Waals surface area contributed by atoms with E-state index in [1.807, 2.05) is 32.0 Å². The van der Waals surface area contributed by atoms with Gasteiger partial charge in [0.2, 0.25) is 11.8 Å². The number of hydrogen-bond donors (Lipinski definition) is 2. The van der Waals surface area contributed by atoms with E-state index in [-0.39, 0.29) is 24.4 Å². The predicted octanol–water partition coefficient (Wildman–Crippen LogP) is 1.08. The molecule has 1 aliphatic heterocycles. The highest BCUT2D eigenvalue weighted by Crippen LogP contribution is 2.17. The van der Waals surface area contributed by atoms with Gasteiger partial charge in [0, 0.05) is 38.3 Å². The van der Waals surface area contributed by atoms with Crippen molar-refractivity contribution in [2.75, 3.05) is 38.7 Å². The predicted molar refractivity (Wildman–Crippen MR) is 89.4 cm³/mol. The molecule has 0 saturated carbocycles. The fourth-order valence-corrected chi connectivity index (χ4v) is 2.64. The fourth-order valence-electron chi connectivity index (χ4n) is 2.64. The molecule has 1 aliphatic rings. The molecule has 1 aromatic rings. The molecule has 126 valence electrons. The van der Waals surface area contributed by atoms with E-state index in [0.29, 0.717) is 26.1 Å². The van der Waals surface area contributed by atoms with Crippen molar-refractivity contribution in [3.05, 3.63) is 29.3 Å². The van der Waals surface area contributed by atoms with E-state index in [1.54, 1.807) is 12.0 Å². The van der Waals surface area contributed by atoms with Crippen molar-refractivity contribution >= 4 is 17.5 Å². The molecule has 0 radical (unpaired) electrons. The molecule has 23 heavy (non-hydrogen) atoms. The topological polar surface area (TPSA) is 70.7 Å². The number of nitrogens with zero attached hydrogens (tertiary/aromatic N) is 1. The van der Waals surface area contributed by atoms with E-state index >= 15 is 0 Å². The number of carbonyl (C=O) groups excluding carboxylic acids is 2. The number of hydrogen-bond acceptors (Lipinski definition) is 4. The quantitative estimate of drug-likeness (QED) is 0.789. The van der Waals surface area contributed by atoms with E-state index in [0.717, 1.165) is 16.8 Å². The van der Waals surface area contributed by atoms with Crippen molar-refractivity contribution in [2.24, 2.45) is 0 Å². The van der Waals surface area contributed by atoms with Crippen LogP contribution >= 0.6 is 0 Å². The zero-order valence-corrected chi connectivity index (χ0v) is 14.0. The van der Waals surface area contributed by atoms with Crippen LogP contribution in [0, 0.1) is 13.8 Å².